The molecule has 1 atom stereocenters. The van der Waals surface area contributed by atoms with Gasteiger partial charge in [0.2, 0.25) is 0 Å². The third-order valence-corrected chi connectivity index (χ3v) is 12.7. The summed E-state index contributed by atoms with van der Waals surface area (Å²) in [5.41, 5.74) is 5.62. The second-order valence-corrected chi connectivity index (χ2v) is 15.3. The molecule has 256 valence electrons. The molecule has 5 aliphatic rings. The molecular formula is C38H30ClFN6O4S. The van der Waals surface area contributed by atoms with Crippen LogP contribution in [0, 0.1) is 11.7 Å². The number of methoxy groups -OCH3 is 1. The fourth-order valence-corrected chi connectivity index (χ4v) is 10.3. The first-order valence-electron chi connectivity index (χ1n) is 17.0. The van der Waals surface area contributed by atoms with E-state index in [-0.39, 0.29) is 23.7 Å². The highest BCUT2D eigenvalue weighted by atomic mass is 35.5. The largest absolute Gasteiger partial charge is 0.493 e. The van der Waals surface area contributed by atoms with E-state index in [2.05, 4.69) is 21.6 Å². The molecule has 1 amide bonds. The van der Waals surface area contributed by atoms with Gasteiger partial charge in [-0.2, -0.15) is 0 Å². The van der Waals surface area contributed by atoms with E-state index in [4.69, 9.17) is 30.7 Å². The van der Waals surface area contributed by atoms with Crippen LogP contribution in [0.1, 0.15) is 63.7 Å². The van der Waals surface area contributed by atoms with E-state index >= 15 is 0 Å². The Balaban J connectivity index is 1.15. The number of aromatic amines is 1. The summed E-state index contributed by atoms with van der Waals surface area (Å²) < 4.78 is 26.5. The normalized spacial score (nSPS) is 21.2. The maximum Gasteiger partial charge on any atom is 0.434 e. The number of H-pyrrole nitrogens is 1. The first kappa shape index (κ1) is 30.7. The number of aromatic nitrogens is 4. The fraction of sp³-hybridized carbons (Fsp3) is 0.289. The number of pyridine rings is 2. The summed E-state index contributed by atoms with van der Waals surface area (Å²) in [6, 6.07) is 14.9. The molecule has 10 nitrogen and oxygen atoms in total. The summed E-state index contributed by atoms with van der Waals surface area (Å²) in [6.45, 7) is 0.707. The van der Waals surface area contributed by atoms with Crippen molar-refractivity contribution >= 4 is 44.7 Å². The minimum atomic E-state index is -0.693. The molecule has 0 radical (unpaired) electrons. The number of anilines is 1. The van der Waals surface area contributed by atoms with Crippen LogP contribution in [0.5, 0.6) is 5.75 Å². The monoisotopic (exact) mass is 720 g/mol. The standard InChI is InChI=1S/C38H30ClFN6O4S/c1-49-31-22-8-11-25(21(22)7-9-24(31)40)43-34-32-20(12-13-41-34)14-27(51-32)29-28(35-44-45-37(48)50-35)26(10-6-19-4-2-3-5-23(19)39)42-33-30(29)36(47)46-17-18-15-38(33,46)16-18/h2-5,7,9,12-14,18,25H,6,8,10-11,15-17H2,1H3,(H,41,43)(H,45,48). The van der Waals surface area contributed by atoms with E-state index in [1.165, 1.54) is 24.5 Å². The molecule has 1 spiro atoms. The van der Waals surface area contributed by atoms with Gasteiger partial charge in [-0.25, -0.2) is 19.3 Å². The number of hydrogen-bond donors (Lipinski definition) is 2. The molecule has 3 aliphatic heterocycles. The van der Waals surface area contributed by atoms with Crippen LogP contribution < -0.4 is 15.8 Å². The molecule has 1 saturated carbocycles. The van der Waals surface area contributed by atoms with Gasteiger partial charge in [0.05, 0.1) is 45.9 Å². The number of rotatable bonds is 8. The van der Waals surface area contributed by atoms with Crippen LogP contribution in [-0.2, 0) is 24.8 Å². The summed E-state index contributed by atoms with van der Waals surface area (Å²) in [5.74, 6) is 0.424. The van der Waals surface area contributed by atoms with Gasteiger partial charge in [-0.05, 0) is 85.2 Å². The number of fused-ring (bicyclic) bond motifs is 3. The summed E-state index contributed by atoms with van der Waals surface area (Å²) in [7, 11) is 1.49. The summed E-state index contributed by atoms with van der Waals surface area (Å²) in [4.78, 5) is 39.7. The van der Waals surface area contributed by atoms with Crippen LogP contribution in [-0.4, -0.2) is 44.6 Å². The Morgan fingerprint density at radius 3 is 2.80 bits per heavy atom. The first-order chi connectivity index (χ1) is 24.8. The zero-order valence-electron chi connectivity index (χ0n) is 27.4. The molecule has 2 N–H and O–H groups in total. The van der Waals surface area contributed by atoms with Crippen LogP contribution in [0.4, 0.5) is 10.2 Å². The number of hydrogen-bond acceptors (Lipinski definition) is 9. The lowest BCUT2D eigenvalue weighted by molar-refractivity contribution is 0.0637. The average Bonchev–Trinajstić information content (AvgIpc) is 3.96. The Kier molecular flexibility index (Phi) is 6.76. The predicted octanol–water partition coefficient (Wildman–Crippen LogP) is 7.46. The first-order valence-corrected chi connectivity index (χ1v) is 18.2. The molecule has 2 saturated heterocycles. The lowest BCUT2D eigenvalue weighted by Crippen LogP contribution is -2.40. The highest BCUT2D eigenvalue weighted by molar-refractivity contribution is 7.23. The van der Waals surface area contributed by atoms with E-state index < -0.39 is 11.3 Å². The van der Waals surface area contributed by atoms with Crippen LogP contribution >= 0.6 is 22.9 Å². The third-order valence-electron chi connectivity index (χ3n) is 11.1. The van der Waals surface area contributed by atoms with Crippen molar-refractivity contribution in [2.45, 2.75) is 50.1 Å². The molecule has 11 rings (SSSR count). The lowest BCUT2D eigenvalue weighted by atomic mass is 9.71. The molecule has 4 aromatic heterocycles. The Morgan fingerprint density at radius 2 is 2.00 bits per heavy atom. The van der Waals surface area contributed by atoms with Crippen LogP contribution in [0.15, 0.2) is 63.9 Å². The number of thiophene rings is 1. The van der Waals surface area contributed by atoms with Gasteiger partial charge in [-0.1, -0.05) is 35.9 Å². The van der Waals surface area contributed by atoms with Crippen LogP contribution in [0.25, 0.3) is 32.0 Å². The molecule has 13 heteroatoms. The van der Waals surface area contributed by atoms with Crippen molar-refractivity contribution in [1.29, 1.82) is 0 Å². The van der Waals surface area contributed by atoms with Gasteiger partial charge < -0.3 is 19.4 Å². The number of amides is 1. The van der Waals surface area contributed by atoms with Gasteiger partial charge in [-0.3, -0.25) is 9.78 Å². The Bertz CT molecular complexity index is 2500. The maximum absolute atomic E-state index is 14.5. The van der Waals surface area contributed by atoms with E-state index in [9.17, 15) is 14.0 Å². The fourth-order valence-electron chi connectivity index (χ4n) is 8.91. The maximum atomic E-state index is 14.5. The number of nitrogens with zero attached hydrogens (tertiary/aromatic N) is 4. The van der Waals surface area contributed by atoms with E-state index in [1.54, 1.807) is 6.20 Å². The number of halogens is 2. The van der Waals surface area contributed by atoms with Crippen molar-refractivity contribution in [3.05, 3.63) is 110 Å². The number of ether oxygens (including phenoxy) is 1. The number of aryl methyl sites for hydroxylation is 2. The Labute approximate surface area is 299 Å². The Hall–Kier alpha value is -5.07. The second kappa shape index (κ2) is 11.2. The second-order valence-electron chi connectivity index (χ2n) is 13.8. The highest BCUT2D eigenvalue weighted by Gasteiger charge is 2.65. The summed E-state index contributed by atoms with van der Waals surface area (Å²) >= 11 is 8.09. The zero-order chi connectivity index (χ0) is 34.6. The van der Waals surface area contributed by atoms with Crippen LogP contribution in [0.3, 0.4) is 0 Å². The van der Waals surface area contributed by atoms with E-state index in [1.807, 2.05) is 41.3 Å². The van der Waals surface area contributed by atoms with Gasteiger partial charge in [0.15, 0.2) is 11.6 Å². The lowest BCUT2D eigenvalue weighted by Gasteiger charge is -2.37. The van der Waals surface area contributed by atoms with Crippen molar-refractivity contribution in [3.8, 4) is 27.6 Å². The average molecular weight is 721 g/mol. The number of benzene rings is 2. The van der Waals surface area contributed by atoms with Crippen molar-refractivity contribution in [3.63, 3.8) is 0 Å². The van der Waals surface area contributed by atoms with Crippen molar-refractivity contribution in [2.24, 2.45) is 5.92 Å². The quantitative estimate of drug-likeness (QED) is 0.166. The van der Waals surface area contributed by atoms with Crippen molar-refractivity contribution < 1.29 is 18.3 Å². The molecule has 6 aromatic rings. The predicted molar refractivity (Wildman–Crippen MR) is 191 cm³/mol. The molecule has 2 aromatic carbocycles. The molecule has 7 heterocycles. The zero-order valence-corrected chi connectivity index (χ0v) is 29.0. The van der Waals surface area contributed by atoms with Gasteiger partial charge in [0.1, 0.15) is 5.82 Å². The summed E-state index contributed by atoms with van der Waals surface area (Å²) in [5, 5.41) is 11.9. The smallest absolute Gasteiger partial charge is 0.434 e. The summed E-state index contributed by atoms with van der Waals surface area (Å²) in [6.07, 6.45) is 6.04. The molecule has 1 unspecified atom stereocenters. The van der Waals surface area contributed by atoms with Gasteiger partial charge in [-0.15, -0.1) is 16.4 Å². The Morgan fingerprint density at radius 1 is 1.14 bits per heavy atom. The molecule has 51 heavy (non-hydrogen) atoms. The van der Waals surface area contributed by atoms with Gasteiger partial charge in [0.25, 0.3) is 11.8 Å². The van der Waals surface area contributed by atoms with Crippen LogP contribution in [0.2, 0.25) is 5.02 Å². The highest BCUT2D eigenvalue weighted by Crippen LogP contribution is 2.63. The van der Waals surface area contributed by atoms with Gasteiger partial charge >= 0.3 is 5.76 Å². The topological polar surface area (TPSA) is 126 Å². The minimum absolute atomic E-state index is 0.0537. The molecular weight excluding hydrogens is 691 g/mol. The molecule has 2 aliphatic carbocycles. The van der Waals surface area contributed by atoms with Crippen molar-refractivity contribution in [2.75, 3.05) is 19.0 Å². The molecule has 3 fully saturated rings. The SMILES string of the molecule is COc1c(F)ccc2c1CCC2Nc1nccc2cc(-c3c4c(nc(CCc5ccccc5Cl)c3-c3n[nH]c(=O)o3)C35CC(CN3C4=O)C5)sc12. The van der Waals surface area contributed by atoms with Crippen molar-refractivity contribution in [1.82, 2.24) is 25.1 Å². The van der Waals surface area contributed by atoms with E-state index in [0.717, 1.165) is 56.6 Å². The number of nitrogens with one attached hydrogen (secondary N) is 2. The number of carbonyl (C=O) groups is 1. The van der Waals surface area contributed by atoms with Gasteiger partial charge in [0, 0.05) is 33.8 Å². The van der Waals surface area contributed by atoms with E-state index in [0.29, 0.717) is 70.7 Å². The third kappa shape index (κ3) is 4.48. The minimum Gasteiger partial charge on any atom is -0.493 e. The number of carbonyl (C=O) groups excluding carboxylic acids is 1. The molecule has 2 bridgehead atoms.